The third kappa shape index (κ3) is 3.54. The van der Waals surface area contributed by atoms with Crippen LogP contribution in [-0.2, 0) is 0 Å². The maximum Gasteiger partial charge on any atom is 0.127 e. The molecule has 0 saturated carbocycles. The zero-order valence-electron chi connectivity index (χ0n) is 10.1. The summed E-state index contributed by atoms with van der Waals surface area (Å²) < 4.78 is 5.20. The Balaban J connectivity index is 2.00. The summed E-state index contributed by atoms with van der Waals surface area (Å²) in [5.41, 5.74) is 1.95. The molecule has 18 heavy (non-hydrogen) atoms. The zero-order valence-corrected chi connectivity index (χ0v) is 10.9. The lowest BCUT2D eigenvalue weighted by Crippen LogP contribution is -1.84. The molecule has 0 saturated heterocycles. The van der Waals surface area contributed by atoms with Gasteiger partial charge >= 0.3 is 0 Å². The lowest BCUT2D eigenvalue weighted by atomic mass is 10.2. The van der Waals surface area contributed by atoms with E-state index in [1.165, 1.54) is 10.5 Å². The smallest absolute Gasteiger partial charge is 0.127 e. The van der Waals surface area contributed by atoms with Crippen LogP contribution < -0.4 is 0 Å². The highest BCUT2D eigenvalue weighted by Gasteiger charge is 2.00. The number of benzene rings is 1. The number of rotatable bonds is 4. The van der Waals surface area contributed by atoms with Crippen molar-refractivity contribution in [3.8, 4) is 6.07 Å². The van der Waals surface area contributed by atoms with Crippen molar-refractivity contribution in [2.45, 2.75) is 11.8 Å². The van der Waals surface area contributed by atoms with Crippen LogP contribution in [0, 0.1) is 18.3 Å². The van der Waals surface area contributed by atoms with Gasteiger partial charge in [-0.15, -0.1) is 11.8 Å². The van der Waals surface area contributed by atoms with Gasteiger partial charge in [-0.1, -0.05) is 17.7 Å². The van der Waals surface area contributed by atoms with E-state index in [4.69, 9.17) is 9.68 Å². The average molecular weight is 255 g/mol. The molecule has 0 spiro atoms. The second kappa shape index (κ2) is 6.13. The molecule has 0 fully saturated rings. The summed E-state index contributed by atoms with van der Waals surface area (Å²) in [7, 11) is 0. The molecule has 2 rings (SSSR count). The highest BCUT2D eigenvalue weighted by atomic mass is 32.2. The van der Waals surface area contributed by atoms with Gasteiger partial charge in [-0.05, 0) is 37.3 Å². The molecule has 0 atom stereocenters. The Morgan fingerprint density at radius 2 is 2.11 bits per heavy atom. The SMILES string of the molecule is Cc1ccc(SC/C(C#N)=C\c2ccco2)cc1. The molecule has 0 N–H and O–H groups in total. The van der Waals surface area contributed by atoms with Crippen LogP contribution in [0.4, 0.5) is 0 Å². The van der Waals surface area contributed by atoms with Crippen molar-refractivity contribution in [1.82, 2.24) is 0 Å². The van der Waals surface area contributed by atoms with Gasteiger partial charge < -0.3 is 4.42 Å². The molecule has 0 aliphatic carbocycles. The standard InChI is InChI=1S/C15H13NOS/c1-12-4-6-15(7-5-12)18-11-13(10-16)9-14-3-2-8-17-14/h2-9H,11H2,1H3/b13-9-. The highest BCUT2D eigenvalue weighted by Crippen LogP contribution is 2.21. The molecule has 0 radical (unpaired) electrons. The third-order valence-electron chi connectivity index (χ3n) is 2.42. The average Bonchev–Trinajstić information content (AvgIpc) is 2.89. The highest BCUT2D eigenvalue weighted by molar-refractivity contribution is 7.99. The van der Waals surface area contributed by atoms with Gasteiger partial charge in [0, 0.05) is 16.2 Å². The largest absolute Gasteiger partial charge is 0.465 e. The predicted molar refractivity (Wildman–Crippen MR) is 74.2 cm³/mol. The minimum Gasteiger partial charge on any atom is -0.465 e. The van der Waals surface area contributed by atoms with Crippen LogP contribution in [0.3, 0.4) is 0 Å². The van der Waals surface area contributed by atoms with Gasteiger partial charge in [0.15, 0.2) is 0 Å². The van der Waals surface area contributed by atoms with Crippen molar-refractivity contribution in [2.24, 2.45) is 0 Å². The molecule has 0 aliphatic rings. The second-order valence-electron chi connectivity index (χ2n) is 3.90. The van der Waals surface area contributed by atoms with Gasteiger partial charge in [-0.2, -0.15) is 5.26 Å². The first-order chi connectivity index (χ1) is 8.78. The number of hydrogen-bond acceptors (Lipinski definition) is 3. The summed E-state index contributed by atoms with van der Waals surface area (Å²) in [6.07, 6.45) is 3.38. The van der Waals surface area contributed by atoms with E-state index >= 15 is 0 Å². The summed E-state index contributed by atoms with van der Waals surface area (Å²) in [6.45, 7) is 2.06. The van der Waals surface area contributed by atoms with E-state index in [0.29, 0.717) is 11.3 Å². The Morgan fingerprint density at radius 3 is 2.72 bits per heavy atom. The van der Waals surface area contributed by atoms with E-state index in [1.807, 2.05) is 12.1 Å². The minimum absolute atomic E-state index is 0.653. The normalized spacial score (nSPS) is 11.2. The molecule has 0 bridgehead atoms. The minimum atomic E-state index is 0.653. The van der Waals surface area contributed by atoms with E-state index in [0.717, 1.165) is 5.76 Å². The van der Waals surface area contributed by atoms with Crippen molar-refractivity contribution < 1.29 is 4.42 Å². The van der Waals surface area contributed by atoms with Crippen molar-refractivity contribution in [1.29, 1.82) is 5.26 Å². The van der Waals surface area contributed by atoms with Crippen molar-refractivity contribution in [3.63, 3.8) is 0 Å². The number of nitriles is 1. The fourth-order valence-corrected chi connectivity index (χ4v) is 2.25. The summed E-state index contributed by atoms with van der Waals surface area (Å²) in [5, 5.41) is 9.07. The van der Waals surface area contributed by atoms with Crippen LogP contribution in [-0.4, -0.2) is 5.75 Å². The molecule has 1 aromatic carbocycles. The molecule has 3 heteroatoms. The third-order valence-corrected chi connectivity index (χ3v) is 3.48. The van der Waals surface area contributed by atoms with Crippen LogP contribution in [0.15, 0.2) is 57.5 Å². The first kappa shape index (κ1) is 12.5. The van der Waals surface area contributed by atoms with Gasteiger partial charge in [0.25, 0.3) is 0 Å². The summed E-state index contributed by atoms with van der Waals surface area (Å²) >= 11 is 1.65. The summed E-state index contributed by atoms with van der Waals surface area (Å²) in [5.74, 6) is 1.37. The maximum absolute atomic E-state index is 9.07. The first-order valence-corrected chi connectivity index (χ1v) is 6.60. The number of nitrogens with zero attached hydrogens (tertiary/aromatic N) is 1. The van der Waals surface area contributed by atoms with Gasteiger partial charge in [0.2, 0.25) is 0 Å². The lowest BCUT2D eigenvalue weighted by Gasteiger charge is -2.00. The van der Waals surface area contributed by atoms with E-state index in [9.17, 15) is 0 Å². The Bertz CT molecular complexity index is 562. The number of furan rings is 1. The molecular formula is C15H13NOS. The van der Waals surface area contributed by atoms with Crippen molar-refractivity contribution in [2.75, 3.05) is 5.75 Å². The molecule has 1 aromatic heterocycles. The lowest BCUT2D eigenvalue weighted by molar-refractivity contribution is 0.557. The Labute approximate surface area is 111 Å². The van der Waals surface area contributed by atoms with Gasteiger partial charge in [0.1, 0.15) is 5.76 Å². The number of hydrogen-bond donors (Lipinski definition) is 0. The topological polar surface area (TPSA) is 36.9 Å². The van der Waals surface area contributed by atoms with E-state index < -0.39 is 0 Å². The van der Waals surface area contributed by atoms with Gasteiger partial charge in [-0.25, -0.2) is 0 Å². The fraction of sp³-hybridized carbons (Fsp3) is 0.133. The number of thioether (sulfide) groups is 1. The van der Waals surface area contributed by atoms with E-state index in [-0.39, 0.29) is 0 Å². The van der Waals surface area contributed by atoms with Crippen LogP contribution in [0.2, 0.25) is 0 Å². The second-order valence-corrected chi connectivity index (χ2v) is 4.95. The quantitative estimate of drug-likeness (QED) is 0.604. The maximum atomic E-state index is 9.07. The first-order valence-electron chi connectivity index (χ1n) is 5.61. The number of aryl methyl sites for hydroxylation is 1. The molecule has 1 heterocycles. The predicted octanol–water partition coefficient (Wildman–Crippen LogP) is 4.29. The summed E-state index contributed by atoms with van der Waals surface area (Å²) in [6, 6.07) is 14.1. The molecule has 0 amide bonds. The monoisotopic (exact) mass is 255 g/mol. The van der Waals surface area contributed by atoms with Crippen LogP contribution in [0.5, 0.6) is 0 Å². The van der Waals surface area contributed by atoms with Crippen LogP contribution in [0.25, 0.3) is 6.08 Å². The van der Waals surface area contributed by atoms with Crippen molar-refractivity contribution in [3.05, 3.63) is 59.6 Å². The Hall–Kier alpha value is -1.92. The van der Waals surface area contributed by atoms with E-state index in [2.05, 4.69) is 37.3 Å². The van der Waals surface area contributed by atoms with Gasteiger partial charge in [-0.3, -0.25) is 0 Å². The molecule has 2 nitrogen and oxygen atoms in total. The van der Waals surface area contributed by atoms with Crippen LogP contribution in [0.1, 0.15) is 11.3 Å². The summed E-state index contributed by atoms with van der Waals surface area (Å²) in [4.78, 5) is 1.17. The zero-order chi connectivity index (χ0) is 12.8. The Morgan fingerprint density at radius 1 is 1.33 bits per heavy atom. The molecule has 2 aromatic rings. The molecular weight excluding hydrogens is 242 g/mol. The van der Waals surface area contributed by atoms with Crippen molar-refractivity contribution >= 4 is 17.8 Å². The fourth-order valence-electron chi connectivity index (χ4n) is 1.45. The molecule has 0 aliphatic heterocycles. The molecule has 90 valence electrons. The Kier molecular flexibility index (Phi) is 4.27. The van der Waals surface area contributed by atoms with E-state index in [1.54, 1.807) is 24.1 Å². The van der Waals surface area contributed by atoms with Gasteiger partial charge in [0.05, 0.1) is 12.3 Å². The van der Waals surface area contributed by atoms with Crippen LogP contribution >= 0.6 is 11.8 Å². The molecule has 0 unspecified atom stereocenters.